The van der Waals surface area contributed by atoms with Crippen LogP contribution in [0.4, 0.5) is 0 Å². The minimum absolute atomic E-state index is 0.111. The summed E-state index contributed by atoms with van der Waals surface area (Å²) in [6.45, 7) is 6.02. The molecular formula is C42H54N2O8. The van der Waals surface area contributed by atoms with Crippen molar-refractivity contribution in [2.75, 3.05) is 81.0 Å². The molecule has 0 saturated heterocycles. The predicted octanol–water partition coefficient (Wildman–Crippen LogP) is 6.34. The van der Waals surface area contributed by atoms with Crippen LogP contribution in [0, 0.1) is 0 Å². The number of aryl methyl sites for hydroxylation is 4. The zero-order chi connectivity index (χ0) is 36.9. The average Bonchev–Trinajstić information content (AvgIpc) is 3.15. The normalized spacial score (nSPS) is 13.0. The Labute approximate surface area is 308 Å². The van der Waals surface area contributed by atoms with Crippen LogP contribution in [-0.2, 0) is 57.7 Å². The number of ether oxygens (including phenoxy) is 5. The number of methoxy groups -OCH3 is 4. The summed E-state index contributed by atoms with van der Waals surface area (Å²) < 4.78 is 27.7. The van der Waals surface area contributed by atoms with E-state index < -0.39 is 0 Å². The molecule has 10 nitrogen and oxygen atoms in total. The van der Waals surface area contributed by atoms with Crippen molar-refractivity contribution in [1.29, 1.82) is 0 Å². The van der Waals surface area contributed by atoms with Crippen LogP contribution in [0.2, 0.25) is 0 Å². The topological polar surface area (TPSA) is 113 Å². The summed E-state index contributed by atoms with van der Waals surface area (Å²) in [7, 11) is 6.72. The molecule has 4 aliphatic heterocycles. The Balaban J connectivity index is 1.51. The van der Waals surface area contributed by atoms with E-state index in [1.807, 2.05) is 54.6 Å². The summed E-state index contributed by atoms with van der Waals surface area (Å²) in [5.74, 6) is 1.44. The first-order valence-electron chi connectivity index (χ1n) is 18.0. The molecule has 0 fully saturated rings. The number of hydrogen-bond acceptors (Lipinski definition) is 10. The third-order valence-corrected chi connectivity index (χ3v) is 9.66. The Morgan fingerprint density at radius 1 is 0.558 bits per heavy atom. The fourth-order valence-corrected chi connectivity index (χ4v) is 6.65. The molecule has 0 aliphatic carbocycles. The molecule has 0 spiro atoms. The molecule has 0 atom stereocenters. The molecule has 280 valence electrons. The molecule has 6 bridgehead atoms. The smallest absolute Gasteiger partial charge is 0.169 e. The van der Waals surface area contributed by atoms with Crippen LogP contribution in [0.15, 0.2) is 66.7 Å². The molecule has 52 heavy (non-hydrogen) atoms. The van der Waals surface area contributed by atoms with Crippen molar-refractivity contribution in [3.05, 3.63) is 100 Å². The second kappa shape index (κ2) is 19.6. The van der Waals surface area contributed by atoms with Crippen LogP contribution in [0.5, 0.6) is 28.7 Å². The number of hydrogen-bond donors (Lipinski definition) is 3. The van der Waals surface area contributed by atoms with Crippen molar-refractivity contribution >= 4 is 0 Å². The lowest BCUT2D eigenvalue weighted by Gasteiger charge is -2.24. The van der Waals surface area contributed by atoms with Crippen LogP contribution in [-0.4, -0.2) is 106 Å². The van der Waals surface area contributed by atoms with E-state index in [4.69, 9.17) is 23.7 Å². The summed E-state index contributed by atoms with van der Waals surface area (Å²) in [6.07, 6.45) is 2.66. The summed E-state index contributed by atoms with van der Waals surface area (Å²) in [5.41, 5.74) is 6.79. The molecule has 0 saturated carbocycles. The van der Waals surface area contributed by atoms with Crippen LogP contribution < -0.4 is 4.74 Å². The first-order chi connectivity index (χ1) is 25.3. The maximum atomic E-state index is 11.9. The first kappa shape index (κ1) is 39.1. The van der Waals surface area contributed by atoms with E-state index in [1.165, 1.54) is 0 Å². The number of rotatable bonds is 16. The highest BCUT2D eigenvalue weighted by Gasteiger charge is 2.21. The van der Waals surface area contributed by atoms with Gasteiger partial charge in [-0.25, -0.2) is 0 Å². The summed E-state index contributed by atoms with van der Waals surface area (Å²) in [4.78, 5) is 4.38. The van der Waals surface area contributed by atoms with Crippen molar-refractivity contribution in [2.24, 2.45) is 0 Å². The number of nitrogens with zero attached hydrogens (tertiary/aromatic N) is 2. The van der Waals surface area contributed by atoms with E-state index in [9.17, 15) is 15.3 Å². The Kier molecular flexibility index (Phi) is 14.7. The Bertz CT molecular complexity index is 1710. The number of phenols is 3. The Morgan fingerprint density at radius 3 is 1.71 bits per heavy atom. The Hall–Kier alpha value is -4.16. The lowest BCUT2D eigenvalue weighted by molar-refractivity contribution is 0.109. The minimum Gasteiger partial charge on any atom is -0.507 e. The molecule has 0 aromatic heterocycles. The highest BCUT2D eigenvalue weighted by Crippen LogP contribution is 2.42. The fourth-order valence-electron chi connectivity index (χ4n) is 6.65. The zero-order valence-corrected chi connectivity index (χ0v) is 31.0. The van der Waals surface area contributed by atoms with E-state index in [0.717, 1.165) is 33.4 Å². The van der Waals surface area contributed by atoms with Gasteiger partial charge in [0, 0.05) is 90.0 Å². The maximum absolute atomic E-state index is 11.9. The largest absolute Gasteiger partial charge is 0.507 e. The van der Waals surface area contributed by atoms with Gasteiger partial charge in [-0.3, -0.25) is 9.80 Å². The third-order valence-electron chi connectivity index (χ3n) is 9.66. The third kappa shape index (κ3) is 10.5. The molecule has 4 aromatic rings. The average molecular weight is 715 g/mol. The minimum atomic E-state index is 0.111. The molecule has 4 heterocycles. The second-order valence-electron chi connectivity index (χ2n) is 13.3. The van der Waals surface area contributed by atoms with Gasteiger partial charge in [-0.1, -0.05) is 42.5 Å². The lowest BCUT2D eigenvalue weighted by Crippen LogP contribution is -2.30. The Morgan fingerprint density at radius 2 is 1.12 bits per heavy atom. The van der Waals surface area contributed by atoms with Gasteiger partial charge in [-0.05, 0) is 72.2 Å². The highest BCUT2D eigenvalue weighted by atomic mass is 16.5. The molecule has 4 aliphatic rings. The van der Waals surface area contributed by atoms with Gasteiger partial charge in [-0.15, -0.1) is 0 Å². The van der Waals surface area contributed by atoms with Crippen molar-refractivity contribution in [3.63, 3.8) is 0 Å². The van der Waals surface area contributed by atoms with Crippen molar-refractivity contribution < 1.29 is 39.0 Å². The van der Waals surface area contributed by atoms with Crippen molar-refractivity contribution in [2.45, 2.75) is 38.8 Å². The van der Waals surface area contributed by atoms with Gasteiger partial charge in [0.1, 0.15) is 17.2 Å². The monoisotopic (exact) mass is 714 g/mol. The van der Waals surface area contributed by atoms with Crippen molar-refractivity contribution in [1.82, 2.24) is 9.80 Å². The van der Waals surface area contributed by atoms with E-state index in [-0.39, 0.29) is 17.2 Å². The van der Waals surface area contributed by atoms with Crippen LogP contribution >= 0.6 is 0 Å². The van der Waals surface area contributed by atoms with E-state index >= 15 is 0 Å². The molecule has 10 heteroatoms. The van der Waals surface area contributed by atoms with Crippen molar-refractivity contribution in [3.8, 4) is 39.9 Å². The summed E-state index contributed by atoms with van der Waals surface area (Å²) >= 11 is 0. The van der Waals surface area contributed by atoms with Gasteiger partial charge >= 0.3 is 0 Å². The van der Waals surface area contributed by atoms with E-state index in [2.05, 4.69) is 15.9 Å². The molecule has 0 unspecified atom stereocenters. The standard InChI is InChI=1S/C42H54N2O8/c1-48-21-17-43(18-22-49-2)28-34-13-12-33-11-7-30-8-14-36(15-9-30)52-39-27-32(6-5-31-10-16-37(38(45)26-31)40(33)42(34)47)25-35(41(39)46)29-44(19-23-50-3)20-24-51-4/h8-10,12-16,25-27,45-47H,5-7,11,17-24,28-29H2,1-4H3. The fraction of sp³-hybridized carbons (Fsp3) is 0.429. The maximum Gasteiger partial charge on any atom is 0.169 e. The first-order valence-corrected chi connectivity index (χ1v) is 18.0. The summed E-state index contributed by atoms with van der Waals surface area (Å²) in [5, 5.41) is 34.8. The zero-order valence-electron chi connectivity index (χ0n) is 31.0. The lowest BCUT2D eigenvalue weighted by atomic mass is 9.90. The molecular weight excluding hydrogens is 660 g/mol. The van der Waals surface area contributed by atoms with E-state index in [1.54, 1.807) is 34.5 Å². The van der Waals surface area contributed by atoms with Gasteiger partial charge < -0.3 is 39.0 Å². The van der Waals surface area contributed by atoms with E-state index in [0.29, 0.717) is 114 Å². The van der Waals surface area contributed by atoms with Gasteiger partial charge in [-0.2, -0.15) is 0 Å². The number of aromatic hydroxyl groups is 3. The van der Waals surface area contributed by atoms with Crippen LogP contribution in [0.25, 0.3) is 11.1 Å². The van der Waals surface area contributed by atoms with Gasteiger partial charge in [0.05, 0.1) is 26.4 Å². The molecule has 0 amide bonds. The van der Waals surface area contributed by atoms with Gasteiger partial charge in [0.15, 0.2) is 11.5 Å². The highest BCUT2D eigenvalue weighted by molar-refractivity contribution is 5.80. The molecule has 3 N–H and O–H groups in total. The quantitative estimate of drug-likeness (QED) is 0.122. The van der Waals surface area contributed by atoms with Gasteiger partial charge in [0.2, 0.25) is 0 Å². The van der Waals surface area contributed by atoms with Gasteiger partial charge in [0.25, 0.3) is 0 Å². The van der Waals surface area contributed by atoms with Crippen LogP contribution in [0.3, 0.4) is 0 Å². The molecule has 4 aromatic carbocycles. The van der Waals surface area contributed by atoms with Crippen LogP contribution in [0.1, 0.15) is 33.4 Å². The SMILES string of the molecule is COCCN(CCOC)Cc1cc2cc(c1O)Oc1ccc(cc1)CCc1ccc(CN(CCOC)CCOC)c(O)c1-c1ccc(cc1O)CC2. The molecule has 0 radical (unpaired) electrons. The molecule has 8 rings (SSSR count). The predicted molar refractivity (Wildman–Crippen MR) is 203 cm³/mol. The summed E-state index contributed by atoms with van der Waals surface area (Å²) in [6, 6.07) is 21.6. The second-order valence-corrected chi connectivity index (χ2v) is 13.3. The number of benzene rings is 4. The number of phenolic OH excluding ortho intramolecular Hbond substituents is 3.